The molecule has 0 saturated heterocycles. The lowest BCUT2D eigenvalue weighted by Crippen LogP contribution is -2.41. The molecule has 0 unspecified atom stereocenters. The van der Waals surface area contributed by atoms with Crippen molar-refractivity contribution in [3.05, 3.63) is 63.6 Å². The van der Waals surface area contributed by atoms with E-state index in [1.54, 1.807) is 12.1 Å². The molecular weight excluding hydrogens is 346 g/mol. The van der Waals surface area contributed by atoms with E-state index in [4.69, 9.17) is 9.15 Å². The quantitative estimate of drug-likeness (QED) is 0.453. The van der Waals surface area contributed by atoms with Gasteiger partial charge in [0, 0.05) is 11.6 Å². The second-order valence-corrected chi connectivity index (χ2v) is 5.14. The van der Waals surface area contributed by atoms with Crippen molar-refractivity contribution in [2.75, 3.05) is 6.61 Å². The summed E-state index contributed by atoms with van der Waals surface area (Å²) in [4.78, 5) is 45.2. The van der Waals surface area contributed by atoms with E-state index in [9.17, 15) is 24.5 Å². The summed E-state index contributed by atoms with van der Waals surface area (Å²) < 4.78 is 9.75. The summed E-state index contributed by atoms with van der Waals surface area (Å²) >= 11 is 0. The minimum absolute atomic E-state index is 0.0719. The highest BCUT2D eigenvalue weighted by atomic mass is 16.6. The molecule has 2 N–H and O–H groups in total. The summed E-state index contributed by atoms with van der Waals surface area (Å²) in [6.07, 6.45) is 1.44. The van der Waals surface area contributed by atoms with Crippen molar-refractivity contribution >= 4 is 23.6 Å². The number of hydrogen-bond acceptors (Lipinski definition) is 7. The zero-order chi connectivity index (χ0) is 19.1. The number of imide groups is 1. The predicted molar refractivity (Wildman–Crippen MR) is 87.2 cm³/mol. The third-order valence-corrected chi connectivity index (χ3v) is 3.23. The molecule has 0 aliphatic rings. The first-order valence-electron chi connectivity index (χ1n) is 7.39. The highest BCUT2D eigenvalue weighted by Gasteiger charge is 2.17. The number of nitro benzene ring substituents is 1. The van der Waals surface area contributed by atoms with Crippen molar-refractivity contribution in [3.63, 3.8) is 0 Å². The number of nitrogens with zero attached hydrogens (tertiary/aromatic N) is 1. The fraction of sp³-hybridized carbons (Fsp3) is 0.188. The van der Waals surface area contributed by atoms with Gasteiger partial charge in [-0.25, -0.2) is 9.59 Å². The molecule has 26 heavy (non-hydrogen) atoms. The molecule has 3 amide bonds. The van der Waals surface area contributed by atoms with Gasteiger partial charge in [-0.15, -0.1) is 0 Å². The Morgan fingerprint density at radius 1 is 1.27 bits per heavy atom. The van der Waals surface area contributed by atoms with Gasteiger partial charge in [-0.2, -0.15) is 0 Å². The maximum absolute atomic E-state index is 11.9. The number of amides is 3. The second kappa shape index (κ2) is 8.42. The third kappa shape index (κ3) is 5.16. The number of nitro groups is 1. The smallest absolute Gasteiger partial charge is 0.338 e. The van der Waals surface area contributed by atoms with Gasteiger partial charge in [0.2, 0.25) is 0 Å². The molecule has 0 aliphatic carbocycles. The number of rotatable bonds is 6. The molecule has 0 radical (unpaired) electrons. The van der Waals surface area contributed by atoms with Crippen molar-refractivity contribution in [2.45, 2.75) is 13.5 Å². The number of esters is 1. The van der Waals surface area contributed by atoms with Gasteiger partial charge in [0.15, 0.2) is 6.61 Å². The molecule has 10 nitrogen and oxygen atoms in total. The minimum atomic E-state index is -0.917. The van der Waals surface area contributed by atoms with Crippen LogP contribution < -0.4 is 10.6 Å². The monoisotopic (exact) mass is 361 g/mol. The van der Waals surface area contributed by atoms with Crippen LogP contribution in [0, 0.1) is 17.0 Å². The van der Waals surface area contributed by atoms with Crippen molar-refractivity contribution in [1.82, 2.24) is 10.6 Å². The van der Waals surface area contributed by atoms with E-state index in [1.807, 2.05) is 5.32 Å². The molecule has 0 saturated carbocycles. The van der Waals surface area contributed by atoms with Crippen molar-refractivity contribution in [2.24, 2.45) is 0 Å². The van der Waals surface area contributed by atoms with Gasteiger partial charge in [0.1, 0.15) is 5.76 Å². The lowest BCUT2D eigenvalue weighted by molar-refractivity contribution is -0.385. The Labute approximate surface area is 147 Å². The fourth-order valence-corrected chi connectivity index (χ4v) is 1.93. The van der Waals surface area contributed by atoms with Crippen molar-refractivity contribution < 1.29 is 28.5 Å². The van der Waals surface area contributed by atoms with Crippen LogP contribution in [0.5, 0.6) is 0 Å². The molecule has 10 heteroatoms. The first-order valence-corrected chi connectivity index (χ1v) is 7.39. The van der Waals surface area contributed by atoms with Crippen LogP contribution in [0.3, 0.4) is 0 Å². The predicted octanol–water partition coefficient (Wildman–Crippen LogP) is 1.68. The van der Waals surface area contributed by atoms with Crippen LogP contribution in [0.1, 0.15) is 21.7 Å². The summed E-state index contributed by atoms with van der Waals surface area (Å²) in [6.45, 7) is 0.898. The third-order valence-electron chi connectivity index (χ3n) is 3.23. The zero-order valence-electron chi connectivity index (χ0n) is 13.7. The first-order chi connectivity index (χ1) is 12.4. The van der Waals surface area contributed by atoms with Crippen LogP contribution in [-0.4, -0.2) is 29.4 Å². The number of ether oxygens (including phenoxy) is 1. The van der Waals surface area contributed by atoms with Gasteiger partial charge in [0.05, 0.1) is 23.3 Å². The van der Waals surface area contributed by atoms with E-state index in [0.29, 0.717) is 11.3 Å². The zero-order valence-corrected chi connectivity index (χ0v) is 13.7. The van der Waals surface area contributed by atoms with Crippen LogP contribution in [0.25, 0.3) is 0 Å². The highest BCUT2D eigenvalue weighted by molar-refractivity contribution is 5.97. The molecule has 0 spiro atoms. The Morgan fingerprint density at radius 3 is 2.69 bits per heavy atom. The van der Waals surface area contributed by atoms with Crippen LogP contribution in [0.15, 0.2) is 41.0 Å². The first kappa shape index (κ1) is 18.6. The maximum atomic E-state index is 11.9. The molecule has 2 rings (SSSR count). The molecule has 1 aromatic carbocycles. The summed E-state index contributed by atoms with van der Waals surface area (Å²) in [5, 5.41) is 15.2. The topological polar surface area (TPSA) is 141 Å². The number of carbonyl (C=O) groups is 3. The Hall–Kier alpha value is -3.69. The summed E-state index contributed by atoms with van der Waals surface area (Å²) in [6, 6.07) is 6.31. The van der Waals surface area contributed by atoms with Crippen LogP contribution in [0.2, 0.25) is 0 Å². The minimum Gasteiger partial charge on any atom is -0.467 e. The number of furan rings is 1. The maximum Gasteiger partial charge on any atom is 0.338 e. The molecular formula is C16H15N3O7. The standard InChI is InChI=1S/C16H15N3O7/c1-10-4-5-11(7-13(10)19(23)24)15(21)26-9-14(20)18-16(22)17-8-12-3-2-6-25-12/h2-7H,8-9H2,1H3,(H2,17,18,20,22). The average molecular weight is 361 g/mol. The number of benzene rings is 1. The van der Waals surface area contributed by atoms with E-state index >= 15 is 0 Å². The molecule has 2 aromatic rings. The lowest BCUT2D eigenvalue weighted by atomic mass is 10.1. The number of aryl methyl sites for hydroxylation is 1. The average Bonchev–Trinajstić information content (AvgIpc) is 3.11. The molecule has 0 fully saturated rings. The van der Waals surface area contributed by atoms with Gasteiger partial charge < -0.3 is 14.5 Å². The molecule has 1 heterocycles. The normalized spacial score (nSPS) is 10.0. The largest absolute Gasteiger partial charge is 0.467 e. The number of nitrogens with one attached hydrogen (secondary N) is 2. The van der Waals surface area contributed by atoms with Crippen LogP contribution in [-0.2, 0) is 16.1 Å². The molecule has 0 bridgehead atoms. The van der Waals surface area contributed by atoms with Gasteiger partial charge in [-0.05, 0) is 25.1 Å². The summed E-state index contributed by atoms with van der Waals surface area (Å²) in [5.41, 5.74) is 0.0797. The summed E-state index contributed by atoms with van der Waals surface area (Å²) in [5.74, 6) is -1.27. The van der Waals surface area contributed by atoms with Crippen LogP contribution >= 0.6 is 0 Å². The van der Waals surface area contributed by atoms with Crippen molar-refractivity contribution in [3.8, 4) is 0 Å². The van der Waals surface area contributed by atoms with Crippen molar-refractivity contribution in [1.29, 1.82) is 0 Å². The fourth-order valence-electron chi connectivity index (χ4n) is 1.93. The number of hydrogen-bond donors (Lipinski definition) is 2. The SMILES string of the molecule is Cc1ccc(C(=O)OCC(=O)NC(=O)NCc2ccco2)cc1[N+](=O)[O-]. The number of urea groups is 1. The van der Waals surface area contributed by atoms with E-state index in [-0.39, 0.29) is 17.8 Å². The van der Waals surface area contributed by atoms with Gasteiger partial charge >= 0.3 is 12.0 Å². The second-order valence-electron chi connectivity index (χ2n) is 5.14. The number of carbonyl (C=O) groups excluding carboxylic acids is 3. The Kier molecular flexibility index (Phi) is 6.04. The molecule has 0 atom stereocenters. The molecule has 1 aromatic heterocycles. The highest BCUT2D eigenvalue weighted by Crippen LogP contribution is 2.19. The van der Waals surface area contributed by atoms with Gasteiger partial charge in [-0.1, -0.05) is 6.07 Å². The van der Waals surface area contributed by atoms with Gasteiger partial charge in [-0.3, -0.25) is 20.2 Å². The van der Waals surface area contributed by atoms with Gasteiger partial charge in [0.25, 0.3) is 11.6 Å². The van der Waals surface area contributed by atoms with E-state index in [0.717, 1.165) is 6.07 Å². The van der Waals surface area contributed by atoms with E-state index in [1.165, 1.54) is 25.3 Å². The van der Waals surface area contributed by atoms with E-state index < -0.39 is 29.4 Å². The lowest BCUT2D eigenvalue weighted by Gasteiger charge is -2.07. The molecule has 136 valence electrons. The van der Waals surface area contributed by atoms with E-state index in [2.05, 4.69) is 5.32 Å². The van der Waals surface area contributed by atoms with Crippen LogP contribution in [0.4, 0.5) is 10.5 Å². The molecule has 0 aliphatic heterocycles. The Balaban J connectivity index is 1.81. The Bertz CT molecular complexity index is 830. The summed E-state index contributed by atoms with van der Waals surface area (Å²) in [7, 11) is 0. The Morgan fingerprint density at radius 2 is 2.04 bits per heavy atom.